The van der Waals surface area contributed by atoms with Crippen LogP contribution >= 0.6 is 0 Å². The predicted octanol–water partition coefficient (Wildman–Crippen LogP) is 3.79. The van der Waals surface area contributed by atoms with Crippen LogP contribution in [0.25, 0.3) is 10.8 Å². The fourth-order valence-corrected chi connectivity index (χ4v) is 9.29. The van der Waals surface area contributed by atoms with E-state index in [9.17, 15) is 40.8 Å². The summed E-state index contributed by atoms with van der Waals surface area (Å²) in [4.78, 5) is 61.4. The number of benzene rings is 1. The summed E-state index contributed by atoms with van der Waals surface area (Å²) in [6.07, 6.45) is -1.96. The lowest BCUT2D eigenvalue weighted by molar-refractivity contribution is -0.197. The summed E-state index contributed by atoms with van der Waals surface area (Å²) in [7, 11) is -4.07. The molecule has 0 spiro atoms. The van der Waals surface area contributed by atoms with Crippen molar-refractivity contribution in [3.05, 3.63) is 36.5 Å². The molecule has 16 nitrogen and oxygen atoms in total. The molecule has 1 aromatic heterocycles. The van der Waals surface area contributed by atoms with Gasteiger partial charge in [0.15, 0.2) is 17.6 Å². The van der Waals surface area contributed by atoms with E-state index in [4.69, 9.17) is 14.2 Å². The first-order valence-electron chi connectivity index (χ1n) is 19.8. The van der Waals surface area contributed by atoms with Crippen LogP contribution in [-0.2, 0) is 29.1 Å². The number of rotatable bonds is 8. The molecule has 3 fully saturated rings. The van der Waals surface area contributed by atoms with E-state index in [2.05, 4.69) is 30.6 Å². The Morgan fingerprint density at radius 3 is 2.56 bits per heavy atom. The molecule has 20 heteroatoms. The first-order chi connectivity index (χ1) is 27.8. The Balaban J connectivity index is 1.20. The van der Waals surface area contributed by atoms with Crippen LogP contribution in [0, 0.1) is 17.8 Å². The number of nitrogens with one attached hydrogen (secondary N) is 4. The molecule has 4 N–H and O–H groups in total. The van der Waals surface area contributed by atoms with E-state index in [0.717, 1.165) is 0 Å². The first-order valence-corrected chi connectivity index (χ1v) is 21.3. The van der Waals surface area contributed by atoms with E-state index in [-0.39, 0.29) is 31.2 Å². The molecule has 2 saturated carbocycles. The number of ether oxygens (including phenoxy) is 4. The largest absolute Gasteiger partial charge is 0.486 e. The summed E-state index contributed by atoms with van der Waals surface area (Å²) in [6.45, 7) is 6.46. The van der Waals surface area contributed by atoms with Gasteiger partial charge >= 0.3 is 12.3 Å². The third-order valence-corrected chi connectivity index (χ3v) is 14.2. The van der Waals surface area contributed by atoms with Crippen molar-refractivity contribution in [2.24, 2.45) is 17.8 Å². The van der Waals surface area contributed by atoms with Gasteiger partial charge in [0, 0.05) is 29.3 Å². The Morgan fingerprint density at radius 2 is 1.83 bits per heavy atom. The predicted molar refractivity (Wildman–Crippen MR) is 204 cm³/mol. The summed E-state index contributed by atoms with van der Waals surface area (Å²) >= 11 is 0. The van der Waals surface area contributed by atoms with Crippen LogP contribution < -0.4 is 35.1 Å². The molecule has 1 aromatic carbocycles. The zero-order chi connectivity index (χ0) is 42.5. The van der Waals surface area contributed by atoms with Crippen LogP contribution in [0.1, 0.15) is 72.6 Å². The highest BCUT2D eigenvalue weighted by Crippen LogP contribution is 2.48. The fourth-order valence-electron chi connectivity index (χ4n) is 7.98. The van der Waals surface area contributed by atoms with Gasteiger partial charge in [0.1, 0.15) is 36.9 Å². The van der Waals surface area contributed by atoms with Gasteiger partial charge in [-0.15, -0.1) is 0 Å². The minimum atomic E-state index is -4.83. The molecule has 8 atom stereocenters. The number of pyridine rings is 1. The van der Waals surface area contributed by atoms with Gasteiger partial charge in [-0.3, -0.25) is 24.5 Å². The average Bonchev–Trinajstić information content (AvgIpc) is 4.06. The Hall–Kier alpha value is -4.85. The number of sulfonamides is 1. The molecule has 7 rings (SSSR count). The smallest absolute Gasteiger partial charge is 0.425 e. The highest BCUT2D eigenvalue weighted by Gasteiger charge is 2.63. The van der Waals surface area contributed by atoms with Crippen molar-refractivity contribution in [1.82, 2.24) is 30.8 Å². The number of hydrazine groups is 1. The average molecular weight is 851 g/mol. The molecule has 4 amide bonds. The second-order valence-corrected chi connectivity index (χ2v) is 18.8. The van der Waals surface area contributed by atoms with Gasteiger partial charge in [-0.1, -0.05) is 26.0 Å². The lowest BCUT2D eigenvalue weighted by atomic mass is 9.88. The molecule has 59 heavy (non-hydrogen) atoms. The number of alkyl halides is 3. The second kappa shape index (κ2) is 16.0. The van der Waals surface area contributed by atoms with Crippen LogP contribution in [0.3, 0.4) is 0 Å². The van der Waals surface area contributed by atoms with Crippen LogP contribution in [0.5, 0.6) is 17.4 Å². The van der Waals surface area contributed by atoms with Gasteiger partial charge in [0.25, 0.3) is 5.91 Å². The van der Waals surface area contributed by atoms with E-state index < -0.39 is 86.4 Å². The third-order valence-electron chi connectivity index (χ3n) is 12.0. The monoisotopic (exact) mass is 850 g/mol. The topological polar surface area (TPSA) is 204 Å². The molecule has 5 aliphatic rings. The molecule has 322 valence electrons. The number of carbonyl (C=O) groups is 4. The lowest BCUT2D eigenvalue weighted by Crippen LogP contribution is -2.60. The number of allylic oxidation sites excluding steroid dienone is 1. The maximum atomic E-state index is 14.7. The van der Waals surface area contributed by atoms with Crippen LogP contribution in [0.4, 0.5) is 18.0 Å². The summed E-state index contributed by atoms with van der Waals surface area (Å²) < 4.78 is 89.6. The molecule has 4 heterocycles. The Bertz CT molecular complexity index is 2130. The van der Waals surface area contributed by atoms with Crippen molar-refractivity contribution in [1.29, 1.82) is 0 Å². The number of fused-ring (bicyclic) bond motifs is 5. The molecule has 3 aliphatic heterocycles. The minimum absolute atomic E-state index is 0.00791. The van der Waals surface area contributed by atoms with Crippen molar-refractivity contribution in [2.45, 2.75) is 113 Å². The van der Waals surface area contributed by atoms with Crippen molar-refractivity contribution in [3.8, 4) is 17.4 Å². The second-order valence-electron chi connectivity index (χ2n) is 16.6. The summed E-state index contributed by atoms with van der Waals surface area (Å²) in [5.74, 6) is -2.14. The number of carbonyl (C=O) groups excluding carboxylic acids is 4. The summed E-state index contributed by atoms with van der Waals surface area (Å²) in [5, 5.41) is 4.05. The van der Waals surface area contributed by atoms with E-state index in [1.165, 1.54) is 11.1 Å². The van der Waals surface area contributed by atoms with Crippen molar-refractivity contribution < 1.29 is 59.7 Å². The van der Waals surface area contributed by atoms with E-state index in [1.54, 1.807) is 38.1 Å². The van der Waals surface area contributed by atoms with E-state index in [0.29, 0.717) is 74.5 Å². The molecular weight excluding hydrogens is 802 g/mol. The summed E-state index contributed by atoms with van der Waals surface area (Å²) in [5.41, 5.74) is 3.05. The van der Waals surface area contributed by atoms with E-state index >= 15 is 0 Å². The Kier molecular flexibility index (Phi) is 11.4. The Labute approximate surface area is 339 Å². The van der Waals surface area contributed by atoms with Crippen molar-refractivity contribution >= 4 is 44.6 Å². The first kappa shape index (κ1) is 42.3. The summed E-state index contributed by atoms with van der Waals surface area (Å²) in [6, 6.07) is 2.67. The molecule has 2 aliphatic carbocycles. The van der Waals surface area contributed by atoms with Gasteiger partial charge in [0.2, 0.25) is 27.7 Å². The number of amides is 4. The van der Waals surface area contributed by atoms with Crippen molar-refractivity contribution in [3.63, 3.8) is 0 Å². The fraction of sp³-hybridized carbons (Fsp3) is 0.615. The quantitative estimate of drug-likeness (QED) is 0.222. The van der Waals surface area contributed by atoms with Crippen LogP contribution in [0.15, 0.2) is 36.5 Å². The molecule has 8 unspecified atom stereocenters. The van der Waals surface area contributed by atoms with Crippen LogP contribution in [0.2, 0.25) is 0 Å². The molecule has 2 aromatic rings. The van der Waals surface area contributed by atoms with Crippen LogP contribution in [-0.4, -0.2) is 103 Å². The van der Waals surface area contributed by atoms with E-state index in [1.807, 2.05) is 13.0 Å². The maximum absolute atomic E-state index is 14.7. The zero-order valence-corrected chi connectivity index (χ0v) is 33.9. The normalized spacial score (nSPS) is 29.8. The Morgan fingerprint density at radius 1 is 1.08 bits per heavy atom. The third kappa shape index (κ3) is 8.74. The zero-order valence-electron chi connectivity index (χ0n) is 33.1. The number of hydrogen-bond donors (Lipinski definition) is 4. The highest BCUT2D eigenvalue weighted by molar-refractivity contribution is 7.91. The number of hydrogen-bond acceptors (Lipinski definition) is 12. The maximum Gasteiger partial charge on any atom is 0.425 e. The van der Waals surface area contributed by atoms with Gasteiger partial charge in [0.05, 0.1) is 11.3 Å². The number of nitrogens with zero attached hydrogens (tertiary/aromatic N) is 2. The van der Waals surface area contributed by atoms with Gasteiger partial charge in [-0.05, 0) is 82.4 Å². The van der Waals surface area contributed by atoms with Gasteiger partial charge in [-0.25, -0.2) is 23.6 Å². The number of aromatic nitrogens is 1. The molecule has 0 bridgehead atoms. The molecular formula is C39H49F3N6O10S. The van der Waals surface area contributed by atoms with Gasteiger partial charge < -0.3 is 29.2 Å². The van der Waals surface area contributed by atoms with Gasteiger partial charge in [-0.2, -0.15) is 13.2 Å². The SMILES string of the molecule is CC1CCC=CC2CC2(C(=O)NS(=O)(=O)C2(C)CC2)NC(=O)C2CC(Oc3nccc4c5c(ccc34)OCCO5)CN2C(=O)C(NNC(=O)OC(C)C(F)(F)F)C(C)C1. The minimum Gasteiger partial charge on any atom is -0.486 e. The number of halogens is 3. The lowest BCUT2D eigenvalue weighted by Gasteiger charge is -2.33. The standard InChI is InChI=1S/C39H49F3N6O10S/c1-21-7-5-6-8-24-19-38(24,35(51)47-59(53,54)37(4)12-13-37)44-32(49)28-18-25(58-33-27-9-10-29-31(56-16-15-55-29)26(27)11-14-43-33)20-48(28)34(50)30(22(2)17-21)45-46-36(52)57-23(3)39(40,41)42/h6,8-11,14,21-25,28,30,45H,5,7,12-13,15-20H2,1-4H3,(H,44,49)(H,46,52)(H,47,51). The molecule has 1 saturated heterocycles. The highest BCUT2D eigenvalue weighted by atomic mass is 32.2. The van der Waals surface area contributed by atoms with Crippen molar-refractivity contribution in [2.75, 3.05) is 19.8 Å². The molecule has 0 radical (unpaired) electrons.